The summed E-state index contributed by atoms with van der Waals surface area (Å²) in [6.07, 6.45) is 14.0. The van der Waals surface area contributed by atoms with Gasteiger partial charge in [-0.05, 0) is 38.7 Å². The molecule has 1 radical (unpaired) electrons. The lowest BCUT2D eigenvalue weighted by molar-refractivity contribution is 0.349. The van der Waals surface area contributed by atoms with E-state index in [-0.39, 0.29) is 0 Å². The fourth-order valence-corrected chi connectivity index (χ4v) is 1.11. The van der Waals surface area contributed by atoms with Gasteiger partial charge in [-0.25, -0.2) is 0 Å². The van der Waals surface area contributed by atoms with Crippen LogP contribution >= 0.6 is 0 Å². The number of hydrogen-bond acceptors (Lipinski definition) is 0. The number of unbranched alkanes of at least 4 members (excludes halogenated alkanes) is 5. The van der Waals surface area contributed by atoms with E-state index >= 15 is 0 Å². The quantitative estimate of drug-likeness (QED) is 0.312. The van der Waals surface area contributed by atoms with Gasteiger partial charge in [0.25, 0.3) is 0 Å². The van der Waals surface area contributed by atoms with Crippen LogP contribution in [0.5, 0.6) is 0 Å². The number of hydrogen-bond donors (Lipinski definition) is 0. The summed E-state index contributed by atoms with van der Waals surface area (Å²) in [7, 11) is 0. The molecule has 0 bridgehead atoms. The van der Waals surface area contributed by atoms with Gasteiger partial charge in [-0.3, -0.25) is 5.11 Å². The highest BCUT2D eigenvalue weighted by molar-refractivity contribution is 4.76. The molecule has 0 aromatic carbocycles. The van der Waals surface area contributed by atoms with Crippen LogP contribution in [0.2, 0.25) is 0 Å². The Kier molecular flexibility index (Phi) is 9.66. The van der Waals surface area contributed by atoms with Gasteiger partial charge in [-0.15, -0.1) is 0 Å². The van der Waals surface area contributed by atoms with Gasteiger partial charge in [-0.2, -0.15) is 0 Å². The highest BCUT2D eigenvalue weighted by Gasteiger charge is 1.86. The van der Waals surface area contributed by atoms with Crippen molar-refractivity contribution in [3.63, 3.8) is 0 Å². The summed E-state index contributed by atoms with van der Waals surface area (Å²) in [5, 5.41) is 9.91. The normalized spacial score (nSPS) is 11.8. The van der Waals surface area contributed by atoms with Crippen LogP contribution in [-0.4, -0.2) is 0 Å². The fourth-order valence-electron chi connectivity index (χ4n) is 1.11. The lowest BCUT2D eigenvalue weighted by Gasteiger charge is -1.95. The van der Waals surface area contributed by atoms with Gasteiger partial charge in [0.15, 0.2) is 0 Å². The first-order valence-electron chi connectivity index (χ1n) is 4.80. The standard InChI is InChI=1S/C11H19O/c1-2-3-4-5-6-7-8-9-10-11-12/h2-3,10-11H,4-9H2,1H3/b3-2+,11-10+. The van der Waals surface area contributed by atoms with Crippen LogP contribution in [0.3, 0.4) is 0 Å². The summed E-state index contributed by atoms with van der Waals surface area (Å²) in [6, 6.07) is 0. The highest BCUT2D eigenvalue weighted by Crippen LogP contribution is 2.05. The summed E-state index contributed by atoms with van der Waals surface area (Å²) >= 11 is 0. The van der Waals surface area contributed by atoms with E-state index in [1.807, 2.05) is 0 Å². The van der Waals surface area contributed by atoms with Crippen LogP contribution in [-0.2, 0) is 5.11 Å². The van der Waals surface area contributed by atoms with Crippen LogP contribution in [0.15, 0.2) is 24.5 Å². The summed E-state index contributed by atoms with van der Waals surface area (Å²) in [5.74, 6) is 0. The van der Waals surface area contributed by atoms with E-state index in [1.54, 1.807) is 6.08 Å². The third-order valence-corrected chi connectivity index (χ3v) is 1.82. The van der Waals surface area contributed by atoms with Crippen molar-refractivity contribution in [1.82, 2.24) is 0 Å². The molecule has 0 atom stereocenters. The largest absolute Gasteiger partial charge is 0.299 e. The second-order valence-corrected chi connectivity index (χ2v) is 2.93. The first-order chi connectivity index (χ1) is 5.91. The molecule has 0 unspecified atom stereocenters. The summed E-state index contributed by atoms with van der Waals surface area (Å²) in [5.41, 5.74) is 0. The Morgan fingerprint density at radius 1 is 0.917 bits per heavy atom. The monoisotopic (exact) mass is 167 g/mol. The molecule has 12 heavy (non-hydrogen) atoms. The minimum absolute atomic E-state index is 0.889. The molecule has 0 fully saturated rings. The Labute approximate surface area is 75.8 Å². The molecule has 0 aromatic heterocycles. The van der Waals surface area contributed by atoms with Crippen LogP contribution in [0.25, 0.3) is 0 Å². The average molecular weight is 167 g/mol. The van der Waals surface area contributed by atoms with Gasteiger partial charge in [0.1, 0.15) is 6.26 Å². The number of allylic oxidation sites excluding steroid dienone is 3. The van der Waals surface area contributed by atoms with Gasteiger partial charge < -0.3 is 0 Å². The minimum Gasteiger partial charge on any atom is -0.299 e. The van der Waals surface area contributed by atoms with E-state index < -0.39 is 0 Å². The Morgan fingerprint density at radius 2 is 1.50 bits per heavy atom. The maximum absolute atomic E-state index is 9.91. The molecule has 1 heteroatoms. The van der Waals surface area contributed by atoms with E-state index in [1.165, 1.54) is 25.7 Å². The van der Waals surface area contributed by atoms with Gasteiger partial charge in [-0.1, -0.05) is 25.0 Å². The van der Waals surface area contributed by atoms with Crippen molar-refractivity contribution in [2.45, 2.75) is 45.4 Å². The van der Waals surface area contributed by atoms with Crippen LogP contribution < -0.4 is 0 Å². The maximum Gasteiger partial charge on any atom is 0.138 e. The zero-order valence-corrected chi connectivity index (χ0v) is 7.96. The molecular weight excluding hydrogens is 148 g/mol. The molecule has 1 nitrogen and oxygen atoms in total. The smallest absolute Gasteiger partial charge is 0.138 e. The lowest BCUT2D eigenvalue weighted by atomic mass is 10.1. The molecule has 0 aliphatic rings. The van der Waals surface area contributed by atoms with E-state index in [4.69, 9.17) is 0 Å². The van der Waals surface area contributed by atoms with Gasteiger partial charge >= 0.3 is 0 Å². The molecule has 0 aromatic rings. The van der Waals surface area contributed by atoms with Crippen LogP contribution in [0, 0.1) is 0 Å². The Hall–Kier alpha value is -0.720. The summed E-state index contributed by atoms with van der Waals surface area (Å²) < 4.78 is 0. The van der Waals surface area contributed by atoms with E-state index in [0.29, 0.717) is 0 Å². The number of rotatable bonds is 7. The van der Waals surface area contributed by atoms with Crippen molar-refractivity contribution in [3.05, 3.63) is 24.5 Å². The first kappa shape index (κ1) is 11.3. The minimum atomic E-state index is 0.889. The summed E-state index contributed by atoms with van der Waals surface area (Å²) in [6.45, 7) is 2.05. The molecule has 69 valence electrons. The molecule has 0 heterocycles. The zero-order valence-electron chi connectivity index (χ0n) is 7.96. The first-order valence-corrected chi connectivity index (χ1v) is 4.80. The molecule has 0 saturated heterocycles. The van der Waals surface area contributed by atoms with E-state index in [9.17, 15) is 5.11 Å². The van der Waals surface area contributed by atoms with E-state index in [2.05, 4.69) is 19.1 Å². The molecule has 0 spiro atoms. The molecule has 0 saturated carbocycles. The second kappa shape index (κ2) is 10.3. The van der Waals surface area contributed by atoms with Crippen molar-refractivity contribution in [1.29, 1.82) is 0 Å². The zero-order chi connectivity index (χ0) is 9.07. The fraction of sp³-hybridized carbons (Fsp3) is 0.636. The van der Waals surface area contributed by atoms with Gasteiger partial charge in [0, 0.05) is 0 Å². The van der Waals surface area contributed by atoms with Crippen molar-refractivity contribution in [3.8, 4) is 0 Å². The third-order valence-electron chi connectivity index (χ3n) is 1.82. The van der Waals surface area contributed by atoms with Crippen molar-refractivity contribution >= 4 is 0 Å². The maximum atomic E-state index is 9.91. The second-order valence-electron chi connectivity index (χ2n) is 2.93. The Balaban J connectivity index is 2.91. The Morgan fingerprint density at radius 3 is 2.00 bits per heavy atom. The van der Waals surface area contributed by atoms with Crippen molar-refractivity contribution in [2.24, 2.45) is 0 Å². The molecule has 0 aliphatic carbocycles. The molecule has 0 aliphatic heterocycles. The van der Waals surface area contributed by atoms with Crippen molar-refractivity contribution < 1.29 is 5.11 Å². The topological polar surface area (TPSA) is 19.9 Å². The predicted molar refractivity (Wildman–Crippen MR) is 52.3 cm³/mol. The predicted octanol–water partition coefficient (Wildman–Crippen LogP) is 3.85. The third kappa shape index (κ3) is 9.28. The Bertz CT molecular complexity index is 109. The van der Waals surface area contributed by atoms with E-state index in [0.717, 1.165) is 19.1 Å². The van der Waals surface area contributed by atoms with Gasteiger partial charge in [0.05, 0.1) is 0 Å². The molecule has 0 N–H and O–H groups in total. The van der Waals surface area contributed by atoms with Crippen LogP contribution in [0.1, 0.15) is 45.4 Å². The SMILES string of the molecule is C/C=C/CCCCCC/C=C/[O]. The molecule has 0 amide bonds. The van der Waals surface area contributed by atoms with Crippen LogP contribution in [0.4, 0.5) is 0 Å². The highest BCUT2D eigenvalue weighted by atomic mass is 16.2. The van der Waals surface area contributed by atoms with Gasteiger partial charge in [0.2, 0.25) is 0 Å². The lowest BCUT2D eigenvalue weighted by Crippen LogP contribution is -1.76. The van der Waals surface area contributed by atoms with Crippen molar-refractivity contribution in [2.75, 3.05) is 0 Å². The molecular formula is C11H19O. The molecule has 0 rings (SSSR count). The average Bonchev–Trinajstić information content (AvgIpc) is 2.10. The summed E-state index contributed by atoms with van der Waals surface area (Å²) in [4.78, 5) is 0.